The van der Waals surface area contributed by atoms with E-state index in [2.05, 4.69) is 38.6 Å². The molecule has 0 amide bonds. The highest BCUT2D eigenvalue weighted by Crippen LogP contribution is 2.27. The smallest absolute Gasteiger partial charge is 0.231 e. The summed E-state index contributed by atoms with van der Waals surface area (Å²) in [4.78, 5) is 17.5. The van der Waals surface area contributed by atoms with Gasteiger partial charge in [-0.2, -0.15) is 15.0 Å². The van der Waals surface area contributed by atoms with Gasteiger partial charge in [-0.3, -0.25) is 0 Å². The van der Waals surface area contributed by atoms with E-state index in [0.717, 1.165) is 26.1 Å². The third-order valence-electron chi connectivity index (χ3n) is 3.92. The third kappa shape index (κ3) is 2.81. The standard InChI is InChI=1S/C13H20ClN5O/c1-9-7-10(2)19(8-9)13-16-11(14)15-12(17-13)18-3-5-20-6-4-18/h9-10H,3-8H2,1-2H3. The molecule has 1 aromatic rings. The van der Waals surface area contributed by atoms with Crippen LogP contribution in [0, 0.1) is 5.92 Å². The molecule has 0 aliphatic carbocycles. The molecule has 110 valence electrons. The van der Waals surface area contributed by atoms with Crippen LogP contribution in [0.2, 0.25) is 5.28 Å². The molecular weight excluding hydrogens is 278 g/mol. The molecule has 3 heterocycles. The molecule has 2 atom stereocenters. The summed E-state index contributed by atoms with van der Waals surface area (Å²) < 4.78 is 5.36. The molecule has 0 N–H and O–H groups in total. The van der Waals surface area contributed by atoms with Gasteiger partial charge in [0.2, 0.25) is 17.2 Å². The molecule has 2 fully saturated rings. The molecule has 2 aliphatic heterocycles. The van der Waals surface area contributed by atoms with Crippen LogP contribution in [-0.4, -0.2) is 53.8 Å². The molecule has 0 saturated carbocycles. The van der Waals surface area contributed by atoms with E-state index in [9.17, 15) is 0 Å². The molecule has 0 radical (unpaired) electrons. The number of hydrogen-bond acceptors (Lipinski definition) is 6. The minimum atomic E-state index is 0.267. The van der Waals surface area contributed by atoms with Crippen molar-refractivity contribution < 1.29 is 4.74 Å². The van der Waals surface area contributed by atoms with Gasteiger partial charge in [0.25, 0.3) is 0 Å². The van der Waals surface area contributed by atoms with Gasteiger partial charge >= 0.3 is 0 Å². The number of aromatic nitrogens is 3. The molecule has 1 aromatic heterocycles. The molecular formula is C13H20ClN5O. The lowest BCUT2D eigenvalue weighted by molar-refractivity contribution is 0.122. The van der Waals surface area contributed by atoms with Crippen molar-refractivity contribution in [3.63, 3.8) is 0 Å². The Labute approximate surface area is 124 Å². The van der Waals surface area contributed by atoms with Crippen LogP contribution in [0.25, 0.3) is 0 Å². The number of rotatable bonds is 2. The molecule has 2 unspecified atom stereocenters. The van der Waals surface area contributed by atoms with E-state index in [0.29, 0.717) is 37.1 Å². The maximum atomic E-state index is 6.08. The van der Waals surface area contributed by atoms with Crippen LogP contribution in [0.4, 0.5) is 11.9 Å². The van der Waals surface area contributed by atoms with E-state index < -0.39 is 0 Å². The van der Waals surface area contributed by atoms with Crippen molar-refractivity contribution in [1.29, 1.82) is 0 Å². The zero-order valence-corrected chi connectivity index (χ0v) is 12.7. The van der Waals surface area contributed by atoms with Gasteiger partial charge in [-0.1, -0.05) is 6.92 Å². The first-order valence-corrected chi connectivity index (χ1v) is 7.52. The zero-order chi connectivity index (χ0) is 14.1. The second-order valence-corrected chi connectivity index (χ2v) is 5.98. The van der Waals surface area contributed by atoms with Gasteiger partial charge in [0.15, 0.2) is 0 Å². The molecule has 3 rings (SSSR count). The highest BCUT2D eigenvalue weighted by molar-refractivity contribution is 6.28. The van der Waals surface area contributed by atoms with Crippen LogP contribution < -0.4 is 9.80 Å². The molecule has 2 saturated heterocycles. The Bertz CT molecular complexity index is 480. The molecule has 0 aromatic carbocycles. The van der Waals surface area contributed by atoms with Crippen molar-refractivity contribution in [2.45, 2.75) is 26.3 Å². The van der Waals surface area contributed by atoms with Crippen molar-refractivity contribution >= 4 is 23.5 Å². The normalized spacial score (nSPS) is 27.1. The summed E-state index contributed by atoms with van der Waals surface area (Å²) in [5.74, 6) is 2.02. The number of ether oxygens (including phenoxy) is 1. The minimum absolute atomic E-state index is 0.267. The summed E-state index contributed by atoms with van der Waals surface area (Å²) >= 11 is 6.08. The predicted octanol–water partition coefficient (Wildman–Crippen LogP) is 1.60. The van der Waals surface area contributed by atoms with Gasteiger partial charge in [0.05, 0.1) is 13.2 Å². The van der Waals surface area contributed by atoms with Crippen LogP contribution in [0.3, 0.4) is 0 Å². The number of morpholine rings is 1. The molecule has 20 heavy (non-hydrogen) atoms. The number of hydrogen-bond donors (Lipinski definition) is 0. The van der Waals surface area contributed by atoms with E-state index in [4.69, 9.17) is 16.3 Å². The Morgan fingerprint density at radius 3 is 2.45 bits per heavy atom. The first-order chi connectivity index (χ1) is 9.63. The molecule has 0 bridgehead atoms. The van der Waals surface area contributed by atoms with Crippen LogP contribution >= 0.6 is 11.6 Å². The predicted molar refractivity (Wildman–Crippen MR) is 78.5 cm³/mol. The van der Waals surface area contributed by atoms with Gasteiger partial charge in [-0.15, -0.1) is 0 Å². The summed E-state index contributed by atoms with van der Waals surface area (Å²) in [6.07, 6.45) is 1.16. The summed E-state index contributed by atoms with van der Waals surface area (Å²) in [7, 11) is 0. The quantitative estimate of drug-likeness (QED) is 0.826. The van der Waals surface area contributed by atoms with Crippen LogP contribution in [0.1, 0.15) is 20.3 Å². The fraction of sp³-hybridized carbons (Fsp3) is 0.769. The van der Waals surface area contributed by atoms with Gasteiger partial charge < -0.3 is 14.5 Å². The first kappa shape index (κ1) is 13.8. The highest BCUT2D eigenvalue weighted by Gasteiger charge is 2.29. The van der Waals surface area contributed by atoms with Crippen molar-refractivity contribution in [2.75, 3.05) is 42.6 Å². The monoisotopic (exact) mass is 297 g/mol. The molecule has 2 aliphatic rings. The summed E-state index contributed by atoms with van der Waals surface area (Å²) in [6.45, 7) is 8.44. The number of anilines is 2. The second-order valence-electron chi connectivity index (χ2n) is 5.65. The Morgan fingerprint density at radius 1 is 1.10 bits per heavy atom. The first-order valence-electron chi connectivity index (χ1n) is 7.14. The Kier molecular flexibility index (Phi) is 3.94. The fourth-order valence-electron chi connectivity index (χ4n) is 2.94. The number of halogens is 1. The zero-order valence-electron chi connectivity index (χ0n) is 11.9. The fourth-order valence-corrected chi connectivity index (χ4v) is 3.09. The average Bonchev–Trinajstić information content (AvgIpc) is 2.78. The van der Waals surface area contributed by atoms with E-state index in [1.165, 1.54) is 0 Å². The van der Waals surface area contributed by atoms with E-state index in [-0.39, 0.29) is 5.28 Å². The molecule has 6 nitrogen and oxygen atoms in total. The minimum Gasteiger partial charge on any atom is -0.378 e. The van der Waals surface area contributed by atoms with Gasteiger partial charge in [0, 0.05) is 25.7 Å². The summed E-state index contributed by atoms with van der Waals surface area (Å²) in [5, 5.41) is 0.267. The summed E-state index contributed by atoms with van der Waals surface area (Å²) in [6, 6.07) is 0.445. The van der Waals surface area contributed by atoms with E-state index in [1.807, 2.05) is 0 Å². The van der Waals surface area contributed by atoms with Gasteiger partial charge in [-0.25, -0.2) is 0 Å². The highest BCUT2D eigenvalue weighted by atomic mass is 35.5. The van der Waals surface area contributed by atoms with E-state index >= 15 is 0 Å². The maximum Gasteiger partial charge on any atom is 0.231 e. The van der Waals surface area contributed by atoms with Crippen LogP contribution in [-0.2, 0) is 4.74 Å². The van der Waals surface area contributed by atoms with Crippen molar-refractivity contribution in [3.8, 4) is 0 Å². The number of nitrogens with zero attached hydrogens (tertiary/aromatic N) is 5. The van der Waals surface area contributed by atoms with Gasteiger partial charge in [0.1, 0.15) is 0 Å². The largest absolute Gasteiger partial charge is 0.378 e. The van der Waals surface area contributed by atoms with Crippen molar-refractivity contribution in [1.82, 2.24) is 15.0 Å². The third-order valence-corrected chi connectivity index (χ3v) is 4.09. The lowest BCUT2D eigenvalue weighted by Gasteiger charge is -2.28. The van der Waals surface area contributed by atoms with Gasteiger partial charge in [-0.05, 0) is 30.9 Å². The van der Waals surface area contributed by atoms with Crippen LogP contribution in [0.5, 0.6) is 0 Å². The molecule has 0 spiro atoms. The lowest BCUT2D eigenvalue weighted by Crippen LogP contribution is -2.38. The van der Waals surface area contributed by atoms with Crippen LogP contribution in [0.15, 0.2) is 0 Å². The van der Waals surface area contributed by atoms with E-state index in [1.54, 1.807) is 0 Å². The summed E-state index contributed by atoms with van der Waals surface area (Å²) in [5.41, 5.74) is 0. The second kappa shape index (κ2) is 5.69. The molecule has 7 heteroatoms. The average molecular weight is 298 g/mol. The Hall–Kier alpha value is -1.14. The maximum absolute atomic E-state index is 6.08. The Morgan fingerprint density at radius 2 is 1.80 bits per heavy atom. The van der Waals surface area contributed by atoms with Crippen molar-refractivity contribution in [3.05, 3.63) is 5.28 Å². The topological polar surface area (TPSA) is 54.4 Å². The Balaban J connectivity index is 1.86. The van der Waals surface area contributed by atoms with Crippen molar-refractivity contribution in [2.24, 2.45) is 5.92 Å². The SMILES string of the molecule is CC1CC(C)N(c2nc(Cl)nc(N3CCOCC3)n2)C1. The lowest BCUT2D eigenvalue weighted by atomic mass is 10.1.